The quantitative estimate of drug-likeness (QED) is 0.675. The summed E-state index contributed by atoms with van der Waals surface area (Å²) in [5.41, 5.74) is 6.71. The fourth-order valence-electron chi connectivity index (χ4n) is 2.15. The van der Waals surface area contributed by atoms with Crippen molar-refractivity contribution in [3.05, 3.63) is 27.1 Å². The van der Waals surface area contributed by atoms with Crippen molar-refractivity contribution in [2.45, 2.75) is 25.4 Å². The predicted octanol–water partition coefficient (Wildman–Crippen LogP) is 2.00. The Hall–Kier alpha value is -0.690. The topological polar surface area (TPSA) is 72.4 Å². The van der Waals surface area contributed by atoms with Crippen LogP contribution in [0.4, 0.5) is 5.00 Å². The Kier molecular flexibility index (Phi) is 5.32. The van der Waals surface area contributed by atoms with Crippen molar-refractivity contribution in [1.82, 2.24) is 4.90 Å². The average Bonchev–Trinajstić information content (AvgIpc) is 2.87. The predicted molar refractivity (Wildman–Crippen MR) is 70.7 cm³/mol. The first-order chi connectivity index (χ1) is 7.70. The number of rotatable bonds is 4. The van der Waals surface area contributed by atoms with E-state index in [4.69, 9.17) is 5.73 Å². The van der Waals surface area contributed by atoms with Gasteiger partial charge in [0.1, 0.15) is 0 Å². The zero-order valence-corrected chi connectivity index (χ0v) is 11.0. The molecule has 17 heavy (non-hydrogen) atoms. The van der Waals surface area contributed by atoms with E-state index in [1.807, 2.05) is 5.38 Å². The minimum absolute atomic E-state index is 0. The molecule has 0 amide bonds. The number of nitrogens with zero attached hydrogens (tertiary/aromatic N) is 2. The van der Waals surface area contributed by atoms with E-state index in [9.17, 15) is 10.1 Å². The second-order valence-corrected chi connectivity index (χ2v) is 4.94. The van der Waals surface area contributed by atoms with Crippen molar-refractivity contribution < 1.29 is 4.92 Å². The van der Waals surface area contributed by atoms with Crippen molar-refractivity contribution >= 4 is 28.7 Å². The van der Waals surface area contributed by atoms with Crippen molar-refractivity contribution in [3.63, 3.8) is 0 Å². The van der Waals surface area contributed by atoms with Gasteiger partial charge in [0.15, 0.2) is 0 Å². The molecule has 5 nitrogen and oxygen atoms in total. The summed E-state index contributed by atoms with van der Waals surface area (Å²) in [4.78, 5) is 12.5. The van der Waals surface area contributed by atoms with Crippen LogP contribution in [0.3, 0.4) is 0 Å². The van der Waals surface area contributed by atoms with Gasteiger partial charge in [-0.25, -0.2) is 0 Å². The molecule has 1 aromatic rings. The number of halogens is 1. The van der Waals surface area contributed by atoms with Crippen LogP contribution in [0.2, 0.25) is 0 Å². The van der Waals surface area contributed by atoms with Crippen LogP contribution in [0.1, 0.15) is 18.4 Å². The van der Waals surface area contributed by atoms with Crippen LogP contribution in [0.15, 0.2) is 11.4 Å². The molecule has 1 fully saturated rings. The third kappa shape index (κ3) is 3.38. The summed E-state index contributed by atoms with van der Waals surface area (Å²) in [5, 5.41) is 12.6. The lowest BCUT2D eigenvalue weighted by Crippen LogP contribution is -2.34. The molecule has 1 atom stereocenters. The monoisotopic (exact) mass is 277 g/mol. The number of nitro groups is 1. The summed E-state index contributed by atoms with van der Waals surface area (Å²) in [6, 6.07) is 2.11. The second kappa shape index (κ2) is 6.30. The highest BCUT2D eigenvalue weighted by atomic mass is 35.5. The van der Waals surface area contributed by atoms with Crippen molar-refractivity contribution in [1.29, 1.82) is 0 Å². The molecule has 0 radical (unpaired) electrons. The smallest absolute Gasteiger partial charge is 0.324 e. The Morgan fingerprint density at radius 3 is 3.00 bits per heavy atom. The molecule has 1 aliphatic heterocycles. The maximum atomic E-state index is 10.6. The van der Waals surface area contributed by atoms with Gasteiger partial charge in [-0.1, -0.05) is 11.3 Å². The maximum absolute atomic E-state index is 10.6. The van der Waals surface area contributed by atoms with Crippen molar-refractivity contribution in [2.75, 3.05) is 13.1 Å². The summed E-state index contributed by atoms with van der Waals surface area (Å²) < 4.78 is 0. The van der Waals surface area contributed by atoms with Crippen LogP contribution < -0.4 is 5.73 Å². The van der Waals surface area contributed by atoms with Crippen molar-refractivity contribution in [3.8, 4) is 0 Å². The Morgan fingerprint density at radius 2 is 2.41 bits per heavy atom. The van der Waals surface area contributed by atoms with Crippen LogP contribution in [-0.4, -0.2) is 29.0 Å². The molecule has 2 rings (SSSR count). The van der Waals surface area contributed by atoms with Gasteiger partial charge in [-0.05, 0) is 24.9 Å². The normalized spacial score (nSPS) is 20.2. The van der Waals surface area contributed by atoms with Gasteiger partial charge < -0.3 is 5.73 Å². The summed E-state index contributed by atoms with van der Waals surface area (Å²) in [7, 11) is 0. The van der Waals surface area contributed by atoms with E-state index in [1.54, 1.807) is 6.07 Å². The Balaban J connectivity index is 0.00000144. The number of hydrogen-bond acceptors (Lipinski definition) is 5. The molecule has 1 aliphatic rings. The van der Waals surface area contributed by atoms with Crippen LogP contribution in [0.5, 0.6) is 0 Å². The number of nitrogens with two attached hydrogens (primary N) is 1. The average molecular weight is 278 g/mol. The first-order valence-electron chi connectivity index (χ1n) is 5.36. The van der Waals surface area contributed by atoms with E-state index >= 15 is 0 Å². The molecule has 1 saturated heterocycles. The third-order valence-corrected chi connectivity index (χ3v) is 3.91. The molecule has 0 spiro atoms. The van der Waals surface area contributed by atoms with Crippen LogP contribution in [0.25, 0.3) is 0 Å². The van der Waals surface area contributed by atoms with Crippen LogP contribution in [0, 0.1) is 10.1 Å². The van der Waals surface area contributed by atoms with Gasteiger partial charge in [-0.2, -0.15) is 0 Å². The third-order valence-electron chi connectivity index (χ3n) is 2.98. The molecule has 0 aliphatic carbocycles. The second-order valence-electron chi connectivity index (χ2n) is 4.05. The SMILES string of the molecule is Cl.NCC1CCCN1Cc1csc([N+](=O)[O-])c1. The lowest BCUT2D eigenvalue weighted by atomic mass is 10.2. The molecule has 96 valence electrons. The van der Waals surface area contributed by atoms with Crippen molar-refractivity contribution in [2.24, 2.45) is 5.73 Å². The number of hydrogen-bond donors (Lipinski definition) is 1. The Morgan fingerprint density at radius 1 is 1.65 bits per heavy atom. The molecular formula is C10H16ClN3O2S. The summed E-state index contributed by atoms with van der Waals surface area (Å²) in [6.07, 6.45) is 2.32. The van der Waals surface area contributed by atoms with E-state index in [1.165, 1.54) is 17.8 Å². The highest BCUT2D eigenvalue weighted by Crippen LogP contribution is 2.26. The molecule has 0 bridgehead atoms. The highest BCUT2D eigenvalue weighted by molar-refractivity contribution is 7.13. The minimum Gasteiger partial charge on any atom is -0.329 e. The fourth-order valence-corrected chi connectivity index (χ4v) is 2.87. The van der Waals surface area contributed by atoms with Gasteiger partial charge in [0.05, 0.1) is 4.92 Å². The summed E-state index contributed by atoms with van der Waals surface area (Å²) in [6.45, 7) is 2.50. The van der Waals surface area contributed by atoms with Gasteiger partial charge in [-0.15, -0.1) is 12.4 Å². The first kappa shape index (κ1) is 14.4. The molecule has 2 heterocycles. The zero-order chi connectivity index (χ0) is 11.5. The van der Waals surface area contributed by atoms with E-state index in [2.05, 4.69) is 4.90 Å². The molecule has 0 aromatic carbocycles. The Labute approximate surface area is 110 Å². The van der Waals surface area contributed by atoms with Gasteiger partial charge in [0.2, 0.25) is 0 Å². The zero-order valence-electron chi connectivity index (χ0n) is 9.37. The van der Waals surface area contributed by atoms with Gasteiger partial charge in [0, 0.05) is 30.6 Å². The van der Waals surface area contributed by atoms with Gasteiger partial charge in [-0.3, -0.25) is 15.0 Å². The molecule has 7 heteroatoms. The summed E-state index contributed by atoms with van der Waals surface area (Å²) in [5.74, 6) is 0. The highest BCUT2D eigenvalue weighted by Gasteiger charge is 2.23. The molecule has 1 unspecified atom stereocenters. The lowest BCUT2D eigenvalue weighted by molar-refractivity contribution is -0.380. The van der Waals surface area contributed by atoms with Gasteiger partial charge >= 0.3 is 5.00 Å². The van der Waals surface area contributed by atoms with Gasteiger partial charge in [0.25, 0.3) is 0 Å². The van der Waals surface area contributed by atoms with Crippen LogP contribution in [-0.2, 0) is 6.54 Å². The molecular weight excluding hydrogens is 262 g/mol. The first-order valence-corrected chi connectivity index (χ1v) is 6.24. The van der Waals surface area contributed by atoms with E-state index in [-0.39, 0.29) is 22.3 Å². The number of thiophene rings is 1. The Bertz CT molecular complexity index is 385. The molecule has 1 aromatic heterocycles. The maximum Gasteiger partial charge on any atom is 0.324 e. The lowest BCUT2D eigenvalue weighted by Gasteiger charge is -2.22. The van der Waals surface area contributed by atoms with Crippen LogP contribution >= 0.6 is 23.7 Å². The minimum atomic E-state index is -0.335. The molecule has 2 N–H and O–H groups in total. The largest absolute Gasteiger partial charge is 0.329 e. The standard InChI is InChI=1S/C10H15N3O2S.ClH/c11-5-9-2-1-3-12(9)6-8-4-10(13(14)15)16-7-8;/h4,7,9H,1-3,5-6,11H2;1H. The van der Waals surface area contributed by atoms with E-state index < -0.39 is 0 Å². The fraction of sp³-hybridized carbons (Fsp3) is 0.600. The van der Waals surface area contributed by atoms with E-state index in [0.29, 0.717) is 12.6 Å². The van der Waals surface area contributed by atoms with E-state index in [0.717, 1.165) is 25.1 Å². The summed E-state index contributed by atoms with van der Waals surface area (Å²) >= 11 is 1.19. The number of likely N-dealkylation sites (tertiary alicyclic amines) is 1. The molecule has 0 saturated carbocycles.